The maximum absolute atomic E-state index is 12.5. The van der Waals surface area contributed by atoms with Crippen LogP contribution in [0.15, 0.2) is 60.0 Å². The molecule has 0 atom stereocenters. The fourth-order valence-corrected chi connectivity index (χ4v) is 2.38. The van der Waals surface area contributed by atoms with Gasteiger partial charge in [-0.3, -0.25) is 4.79 Å². The first-order valence-corrected chi connectivity index (χ1v) is 8.77. The maximum Gasteiger partial charge on any atom is 0.207 e. The number of aliphatic hydroxyl groups is 1. The fraction of sp³-hybridized carbons (Fsp3) is 0.227. The van der Waals surface area contributed by atoms with Gasteiger partial charge >= 0.3 is 0 Å². The molecule has 2 aromatic rings. The smallest absolute Gasteiger partial charge is 0.207 e. The molecule has 0 unspecified atom stereocenters. The molecule has 0 aromatic heterocycles. The summed E-state index contributed by atoms with van der Waals surface area (Å²) in [6.45, 7) is 2.23. The first-order chi connectivity index (χ1) is 13.6. The van der Waals surface area contributed by atoms with Gasteiger partial charge in [0.2, 0.25) is 11.5 Å². The lowest BCUT2D eigenvalue weighted by Gasteiger charge is -2.12. The Hall–Kier alpha value is -3.61. The molecule has 6 nitrogen and oxygen atoms in total. The second-order valence-electron chi connectivity index (χ2n) is 5.91. The maximum atomic E-state index is 12.5. The van der Waals surface area contributed by atoms with E-state index < -0.39 is 5.78 Å². The Kier molecular flexibility index (Phi) is 7.77. The Bertz CT molecular complexity index is 905. The van der Waals surface area contributed by atoms with E-state index in [0.29, 0.717) is 6.61 Å². The molecule has 0 saturated carbocycles. The van der Waals surface area contributed by atoms with E-state index in [9.17, 15) is 9.90 Å². The quantitative estimate of drug-likeness (QED) is 0.400. The monoisotopic (exact) mass is 376 g/mol. The number of ketones is 1. The Morgan fingerprint density at radius 1 is 1.07 bits per heavy atom. The number of allylic oxidation sites excluding steroid dienone is 2. The van der Waals surface area contributed by atoms with E-state index in [-0.39, 0.29) is 47.8 Å². The van der Waals surface area contributed by atoms with Crippen LogP contribution >= 0.6 is 0 Å². The highest BCUT2D eigenvalue weighted by Crippen LogP contribution is 2.21. The van der Waals surface area contributed by atoms with Crippen molar-refractivity contribution in [2.45, 2.75) is 26.4 Å². The molecule has 2 aromatic carbocycles. The molecule has 6 heteroatoms. The summed E-state index contributed by atoms with van der Waals surface area (Å²) in [5.41, 5.74) is 1.45. The van der Waals surface area contributed by atoms with Crippen LogP contribution in [0.4, 0.5) is 0 Å². The minimum atomic E-state index is -0.423. The van der Waals surface area contributed by atoms with Gasteiger partial charge in [0.15, 0.2) is 0 Å². The summed E-state index contributed by atoms with van der Waals surface area (Å²) in [5.74, 6) is -0.684. The van der Waals surface area contributed by atoms with Crippen LogP contribution in [0.25, 0.3) is 0 Å². The molecular formula is C22H20N2O4. The van der Waals surface area contributed by atoms with Crippen molar-refractivity contribution in [3.63, 3.8) is 0 Å². The van der Waals surface area contributed by atoms with Gasteiger partial charge in [-0.15, -0.1) is 0 Å². The lowest BCUT2D eigenvalue weighted by Crippen LogP contribution is -2.15. The normalized spacial score (nSPS) is 11.1. The molecule has 0 aliphatic carbocycles. The van der Waals surface area contributed by atoms with Crippen LogP contribution in [-0.2, 0) is 16.1 Å². The number of hydrogen-bond acceptors (Lipinski definition) is 6. The third-order valence-electron chi connectivity index (χ3n) is 3.82. The zero-order valence-electron chi connectivity index (χ0n) is 15.5. The minimum Gasteiger partial charge on any atom is -0.508 e. The molecule has 0 fully saturated rings. The van der Waals surface area contributed by atoms with Crippen molar-refractivity contribution in [1.82, 2.24) is 0 Å². The predicted octanol–water partition coefficient (Wildman–Crippen LogP) is 4.16. The lowest BCUT2D eigenvalue weighted by molar-refractivity contribution is -0.119. The average Bonchev–Trinajstić information content (AvgIpc) is 2.74. The van der Waals surface area contributed by atoms with Crippen LogP contribution in [0.2, 0.25) is 0 Å². The number of hydrogen-bond donors (Lipinski definition) is 1. The van der Waals surface area contributed by atoms with E-state index in [4.69, 9.17) is 20.0 Å². The summed E-state index contributed by atoms with van der Waals surface area (Å²) in [6, 6.07) is 17.7. The van der Waals surface area contributed by atoms with Crippen molar-refractivity contribution in [3.8, 4) is 17.9 Å². The van der Waals surface area contributed by atoms with Crippen LogP contribution in [-0.4, -0.2) is 17.5 Å². The van der Waals surface area contributed by atoms with Gasteiger partial charge in [0, 0.05) is 12.8 Å². The number of benzene rings is 2. The Balaban J connectivity index is 2.05. The first kappa shape index (κ1) is 20.7. The Morgan fingerprint density at radius 3 is 2.29 bits per heavy atom. The van der Waals surface area contributed by atoms with Gasteiger partial charge in [-0.1, -0.05) is 37.3 Å². The number of aliphatic hydroxyl groups excluding tert-OH is 1. The zero-order valence-corrected chi connectivity index (χ0v) is 15.5. The lowest BCUT2D eigenvalue weighted by atomic mass is 10.1. The number of nitriles is 2. The van der Waals surface area contributed by atoms with E-state index in [1.54, 1.807) is 6.92 Å². The van der Waals surface area contributed by atoms with Crippen LogP contribution in [0, 0.1) is 22.7 Å². The predicted molar refractivity (Wildman–Crippen MR) is 102 cm³/mol. The molecule has 0 saturated heterocycles. The van der Waals surface area contributed by atoms with Crippen molar-refractivity contribution in [1.29, 1.82) is 10.5 Å². The second-order valence-corrected chi connectivity index (χ2v) is 5.91. The second kappa shape index (κ2) is 10.5. The van der Waals surface area contributed by atoms with Crippen LogP contribution in [0.3, 0.4) is 0 Å². The molecule has 0 amide bonds. The van der Waals surface area contributed by atoms with Crippen molar-refractivity contribution < 1.29 is 19.4 Å². The number of rotatable bonds is 9. The third-order valence-corrected chi connectivity index (χ3v) is 3.82. The van der Waals surface area contributed by atoms with E-state index in [0.717, 1.165) is 5.56 Å². The first-order valence-electron chi connectivity index (χ1n) is 8.77. The SMILES string of the molecule is CC/C(O)=C(\Oc1cc(C#N)cc(C#N)c1)C(=O)CCOCc1ccccc1. The summed E-state index contributed by atoms with van der Waals surface area (Å²) < 4.78 is 11.1. The summed E-state index contributed by atoms with van der Waals surface area (Å²) in [4.78, 5) is 12.5. The van der Waals surface area contributed by atoms with Crippen molar-refractivity contribution >= 4 is 5.78 Å². The number of carbonyl (C=O) groups excluding carboxylic acids is 1. The molecule has 0 spiro atoms. The molecule has 0 aliphatic rings. The minimum absolute atomic E-state index is 0.0231. The molecular weight excluding hydrogens is 356 g/mol. The molecule has 0 radical (unpaired) electrons. The van der Waals surface area contributed by atoms with Gasteiger partial charge in [-0.25, -0.2) is 0 Å². The van der Waals surface area contributed by atoms with Gasteiger partial charge in [-0.05, 0) is 23.8 Å². The van der Waals surface area contributed by atoms with Gasteiger partial charge < -0.3 is 14.6 Å². The van der Waals surface area contributed by atoms with Crippen molar-refractivity contribution in [2.75, 3.05) is 6.61 Å². The number of ether oxygens (including phenoxy) is 2. The van der Waals surface area contributed by atoms with Crippen LogP contribution in [0.5, 0.6) is 5.75 Å². The molecule has 0 heterocycles. The highest BCUT2D eigenvalue weighted by molar-refractivity contribution is 5.94. The van der Waals surface area contributed by atoms with Crippen molar-refractivity contribution in [3.05, 3.63) is 76.7 Å². The van der Waals surface area contributed by atoms with E-state index in [2.05, 4.69) is 0 Å². The van der Waals surface area contributed by atoms with Crippen LogP contribution in [0.1, 0.15) is 36.5 Å². The summed E-state index contributed by atoms with van der Waals surface area (Å²) in [7, 11) is 0. The Morgan fingerprint density at radius 2 is 1.71 bits per heavy atom. The third kappa shape index (κ3) is 5.98. The molecule has 0 aliphatic heterocycles. The fourth-order valence-electron chi connectivity index (χ4n) is 2.38. The molecule has 28 heavy (non-hydrogen) atoms. The highest BCUT2D eigenvalue weighted by atomic mass is 16.5. The average molecular weight is 376 g/mol. The molecule has 2 rings (SSSR count). The summed E-state index contributed by atoms with van der Waals surface area (Å²) in [5, 5.41) is 28.2. The molecule has 142 valence electrons. The summed E-state index contributed by atoms with van der Waals surface area (Å²) in [6.07, 6.45) is 0.226. The summed E-state index contributed by atoms with van der Waals surface area (Å²) >= 11 is 0. The van der Waals surface area contributed by atoms with E-state index in [1.165, 1.54) is 18.2 Å². The van der Waals surface area contributed by atoms with Crippen molar-refractivity contribution in [2.24, 2.45) is 0 Å². The van der Waals surface area contributed by atoms with E-state index >= 15 is 0 Å². The van der Waals surface area contributed by atoms with Gasteiger partial charge in [0.1, 0.15) is 11.5 Å². The number of nitrogens with zero attached hydrogens (tertiary/aromatic N) is 2. The topological polar surface area (TPSA) is 103 Å². The standard InChI is InChI=1S/C22H20N2O4/c1-2-20(25)22(28-19-11-17(13-23)10-18(12-19)14-24)21(26)8-9-27-15-16-6-4-3-5-7-16/h3-7,10-12,25H,2,8-9,15H2,1H3/b22-20+. The number of Topliss-reactive ketones (excluding diaryl/α,β-unsaturated/α-hetero) is 1. The highest BCUT2D eigenvalue weighted by Gasteiger charge is 2.18. The van der Waals surface area contributed by atoms with E-state index in [1.807, 2.05) is 42.5 Å². The molecule has 1 N–H and O–H groups in total. The molecule has 0 bridgehead atoms. The van der Waals surface area contributed by atoms with Gasteiger partial charge in [0.05, 0.1) is 36.5 Å². The van der Waals surface area contributed by atoms with Gasteiger partial charge in [0.25, 0.3) is 0 Å². The largest absolute Gasteiger partial charge is 0.508 e. The number of carbonyl (C=O) groups is 1. The van der Waals surface area contributed by atoms with Crippen LogP contribution < -0.4 is 4.74 Å². The van der Waals surface area contributed by atoms with Gasteiger partial charge in [-0.2, -0.15) is 10.5 Å². The zero-order chi connectivity index (χ0) is 20.4. The Labute approximate surface area is 163 Å².